The number of rotatable bonds is 5. The van der Waals surface area contributed by atoms with Gasteiger partial charge < -0.3 is 9.80 Å². The zero-order valence-electron chi connectivity index (χ0n) is 19.7. The second-order valence-corrected chi connectivity index (χ2v) is 8.64. The first-order valence-electron chi connectivity index (χ1n) is 12.1. The summed E-state index contributed by atoms with van der Waals surface area (Å²) in [5.74, 6) is 1.95. The highest BCUT2D eigenvalue weighted by atomic mass is 15.3. The molecule has 5 heteroatoms. The van der Waals surface area contributed by atoms with Gasteiger partial charge in [0.1, 0.15) is 5.82 Å². The molecule has 1 aromatic rings. The molecule has 2 saturated heterocycles. The molecule has 1 saturated carbocycles. The second kappa shape index (κ2) is 12.6. The van der Waals surface area contributed by atoms with Gasteiger partial charge in [-0.1, -0.05) is 40.5 Å². The Morgan fingerprint density at radius 3 is 1.93 bits per heavy atom. The normalized spacial score (nSPS) is 22.8. The first kappa shape index (κ1) is 24.2. The maximum absolute atomic E-state index is 4.54. The predicted molar refractivity (Wildman–Crippen MR) is 123 cm³/mol. The van der Waals surface area contributed by atoms with Crippen molar-refractivity contribution in [3.05, 3.63) is 24.3 Å². The maximum atomic E-state index is 4.54. The highest BCUT2D eigenvalue weighted by Crippen LogP contribution is 2.49. The Morgan fingerprint density at radius 1 is 0.897 bits per heavy atom. The average Bonchev–Trinajstić information content (AvgIpc) is 3.60. The van der Waals surface area contributed by atoms with E-state index in [0.717, 1.165) is 11.7 Å². The van der Waals surface area contributed by atoms with E-state index in [-0.39, 0.29) is 5.54 Å². The first-order valence-corrected chi connectivity index (χ1v) is 12.1. The maximum Gasteiger partial charge on any atom is 0.148 e. The van der Waals surface area contributed by atoms with Gasteiger partial charge in [0.25, 0.3) is 0 Å². The van der Waals surface area contributed by atoms with E-state index in [1.165, 1.54) is 84.3 Å². The van der Waals surface area contributed by atoms with Gasteiger partial charge in [0.15, 0.2) is 0 Å². The zero-order chi connectivity index (χ0) is 21.1. The van der Waals surface area contributed by atoms with Crippen LogP contribution < -0.4 is 0 Å². The highest BCUT2D eigenvalue weighted by molar-refractivity contribution is 5.17. The number of aromatic nitrogens is 2. The fourth-order valence-electron chi connectivity index (χ4n) is 4.31. The van der Waals surface area contributed by atoms with Crippen molar-refractivity contribution in [2.75, 3.05) is 52.9 Å². The molecular formula is C24H45N5. The lowest BCUT2D eigenvalue weighted by molar-refractivity contribution is 0.0629. The molecule has 166 valence electrons. The van der Waals surface area contributed by atoms with Gasteiger partial charge >= 0.3 is 0 Å². The van der Waals surface area contributed by atoms with Crippen molar-refractivity contribution in [1.29, 1.82) is 0 Å². The molecule has 0 N–H and O–H groups in total. The van der Waals surface area contributed by atoms with Crippen LogP contribution in [0.1, 0.15) is 72.0 Å². The van der Waals surface area contributed by atoms with E-state index >= 15 is 0 Å². The largest absolute Gasteiger partial charge is 0.306 e. The Morgan fingerprint density at radius 2 is 1.45 bits per heavy atom. The monoisotopic (exact) mass is 403 g/mol. The van der Waals surface area contributed by atoms with Crippen LogP contribution in [0.15, 0.2) is 18.5 Å². The number of piperazine rings is 1. The minimum absolute atomic E-state index is 0.168. The molecule has 0 amide bonds. The molecule has 0 aromatic carbocycles. The summed E-state index contributed by atoms with van der Waals surface area (Å²) in [4.78, 5) is 16.9. The van der Waals surface area contributed by atoms with Crippen molar-refractivity contribution in [2.24, 2.45) is 5.92 Å². The molecule has 0 atom stereocenters. The fourth-order valence-corrected chi connectivity index (χ4v) is 4.31. The van der Waals surface area contributed by atoms with Crippen LogP contribution >= 0.6 is 0 Å². The van der Waals surface area contributed by atoms with Crippen LogP contribution in [-0.4, -0.2) is 77.5 Å². The fraction of sp³-hybridized carbons (Fsp3) is 0.833. The molecule has 3 heterocycles. The molecule has 3 aliphatic rings. The lowest BCUT2D eigenvalue weighted by Gasteiger charge is -2.41. The van der Waals surface area contributed by atoms with Crippen LogP contribution in [-0.2, 0) is 5.54 Å². The van der Waals surface area contributed by atoms with E-state index in [1.54, 1.807) is 0 Å². The summed E-state index contributed by atoms with van der Waals surface area (Å²) in [5, 5.41) is 0. The van der Waals surface area contributed by atoms with E-state index in [2.05, 4.69) is 45.6 Å². The van der Waals surface area contributed by atoms with Crippen molar-refractivity contribution in [1.82, 2.24) is 24.7 Å². The molecule has 1 aliphatic carbocycles. The Balaban J connectivity index is 0.000000449. The Kier molecular flexibility index (Phi) is 10.5. The summed E-state index contributed by atoms with van der Waals surface area (Å²) >= 11 is 0. The number of hydrogen-bond donors (Lipinski definition) is 0. The van der Waals surface area contributed by atoms with Gasteiger partial charge in [0, 0.05) is 45.1 Å². The zero-order valence-corrected chi connectivity index (χ0v) is 19.7. The molecule has 29 heavy (non-hydrogen) atoms. The quantitative estimate of drug-likeness (QED) is 0.734. The molecule has 1 aromatic heterocycles. The summed E-state index contributed by atoms with van der Waals surface area (Å²) in [6, 6.07) is 1.92. The first-order chi connectivity index (χ1) is 14.2. The van der Waals surface area contributed by atoms with Gasteiger partial charge in [-0.15, -0.1) is 0 Å². The molecule has 0 spiro atoms. The number of likely N-dealkylation sites (tertiary alicyclic amines) is 1. The third-order valence-electron chi connectivity index (χ3n) is 6.54. The minimum Gasteiger partial charge on any atom is -0.306 e. The van der Waals surface area contributed by atoms with Crippen LogP contribution in [0.4, 0.5) is 0 Å². The number of piperidine rings is 1. The van der Waals surface area contributed by atoms with Crippen LogP contribution in [0, 0.1) is 5.92 Å². The molecular weight excluding hydrogens is 358 g/mol. The van der Waals surface area contributed by atoms with Gasteiger partial charge in [-0.3, -0.25) is 4.90 Å². The summed E-state index contributed by atoms with van der Waals surface area (Å²) < 4.78 is 0. The molecule has 4 rings (SSSR count). The lowest BCUT2D eigenvalue weighted by atomic mass is 9.96. The molecule has 5 nitrogen and oxygen atoms in total. The third-order valence-corrected chi connectivity index (χ3v) is 6.54. The van der Waals surface area contributed by atoms with Crippen LogP contribution in [0.25, 0.3) is 0 Å². The van der Waals surface area contributed by atoms with Gasteiger partial charge in [0.2, 0.25) is 0 Å². The van der Waals surface area contributed by atoms with Crippen molar-refractivity contribution in [2.45, 2.75) is 71.8 Å². The Labute approximate surface area is 179 Å². The topological polar surface area (TPSA) is 35.5 Å². The van der Waals surface area contributed by atoms with Gasteiger partial charge in [-0.05, 0) is 57.8 Å². The van der Waals surface area contributed by atoms with E-state index < -0.39 is 0 Å². The standard InChI is InChI=1S/C18H29N5.C4H10.C2H6/c1-21-9-3-16(4-10-21)15-22-11-13-23(14-12-22)18(5-6-18)17-19-7-2-8-20-17;1-3-4-2;1-2/h2,7-8,16H,3-6,9-15H2,1H3;3-4H2,1-2H3;1-2H3. The molecule has 2 aliphatic heterocycles. The van der Waals surface area contributed by atoms with E-state index in [0.29, 0.717) is 0 Å². The minimum atomic E-state index is 0.168. The summed E-state index contributed by atoms with van der Waals surface area (Å²) in [7, 11) is 2.25. The Hall–Kier alpha value is -1.04. The van der Waals surface area contributed by atoms with Gasteiger partial charge in [0.05, 0.1) is 5.54 Å². The van der Waals surface area contributed by atoms with Crippen molar-refractivity contribution < 1.29 is 0 Å². The molecule has 3 fully saturated rings. The van der Waals surface area contributed by atoms with E-state index in [1.807, 2.05) is 32.3 Å². The second-order valence-electron chi connectivity index (χ2n) is 8.64. The smallest absolute Gasteiger partial charge is 0.148 e. The summed E-state index contributed by atoms with van der Waals surface area (Å²) in [5.41, 5.74) is 0.168. The molecule has 0 radical (unpaired) electrons. The average molecular weight is 404 g/mol. The van der Waals surface area contributed by atoms with E-state index in [9.17, 15) is 0 Å². The van der Waals surface area contributed by atoms with Crippen molar-refractivity contribution in [3.8, 4) is 0 Å². The predicted octanol–water partition coefficient (Wildman–Crippen LogP) is 4.26. The van der Waals surface area contributed by atoms with Crippen molar-refractivity contribution in [3.63, 3.8) is 0 Å². The molecule has 0 unspecified atom stereocenters. The van der Waals surface area contributed by atoms with Crippen molar-refractivity contribution >= 4 is 0 Å². The highest BCUT2D eigenvalue weighted by Gasteiger charge is 2.52. The van der Waals surface area contributed by atoms with E-state index in [4.69, 9.17) is 0 Å². The third kappa shape index (κ3) is 7.01. The number of nitrogens with zero attached hydrogens (tertiary/aromatic N) is 5. The van der Waals surface area contributed by atoms with Crippen LogP contribution in [0.3, 0.4) is 0 Å². The Bertz CT molecular complexity index is 527. The van der Waals surface area contributed by atoms with Gasteiger partial charge in [-0.25, -0.2) is 9.97 Å². The summed E-state index contributed by atoms with van der Waals surface area (Å²) in [6.07, 6.45) is 11.6. The lowest BCUT2D eigenvalue weighted by Crippen LogP contribution is -2.52. The number of unbranched alkanes of at least 4 members (excludes halogenated alkanes) is 1. The molecule has 0 bridgehead atoms. The van der Waals surface area contributed by atoms with Gasteiger partial charge in [-0.2, -0.15) is 0 Å². The van der Waals surface area contributed by atoms with Crippen LogP contribution in [0.2, 0.25) is 0 Å². The summed E-state index contributed by atoms with van der Waals surface area (Å²) in [6.45, 7) is 17.0. The SMILES string of the molecule is CC.CCCC.CN1CCC(CN2CCN(C3(c4ncccn4)CC3)CC2)CC1. The van der Waals surface area contributed by atoms with Crippen LogP contribution in [0.5, 0.6) is 0 Å². The number of hydrogen-bond acceptors (Lipinski definition) is 5.